The van der Waals surface area contributed by atoms with Crippen LogP contribution in [0.5, 0.6) is 0 Å². The normalized spacial score (nSPS) is 12.7. The average molecular weight is 577 g/mol. The molecule has 208 valence electrons. The maximum Gasteiger partial charge on any atom is 0.189 e. The molecule has 0 saturated heterocycles. The lowest BCUT2D eigenvalue weighted by atomic mass is 9.96. The lowest BCUT2D eigenvalue weighted by Gasteiger charge is -2.05. The van der Waals surface area contributed by atoms with Gasteiger partial charge < -0.3 is 9.97 Å². The highest BCUT2D eigenvalue weighted by molar-refractivity contribution is 6.06. The van der Waals surface area contributed by atoms with Gasteiger partial charge in [-0.1, -0.05) is 66.7 Å². The van der Waals surface area contributed by atoms with E-state index in [9.17, 15) is 8.78 Å². The van der Waals surface area contributed by atoms with Crippen LogP contribution in [0.15, 0.2) is 91.0 Å². The van der Waals surface area contributed by atoms with Crippen molar-refractivity contribution in [3.05, 3.63) is 120 Å². The van der Waals surface area contributed by atoms with Gasteiger partial charge in [0.25, 0.3) is 0 Å². The molecule has 0 atom stereocenters. The topological polar surface area (TPSA) is 57.4 Å². The number of hydrogen-bond donors (Lipinski definition) is 2. The van der Waals surface area contributed by atoms with E-state index in [-0.39, 0.29) is 16.6 Å². The van der Waals surface area contributed by atoms with Gasteiger partial charge in [0, 0.05) is 22.2 Å². The number of fused-ring (bicyclic) bond motifs is 13. The standard InChI is InChI=1S/C34H17F5N4/c35-27-21-13-11-18(40-21)14-23-26-19-9-5-4-6-16(19)10-12-20(26)22(41-23)15-24-25(17-7-2-1-3-8-17)28(36)33(42-24)31(39)34-30(38)29(37)32(27)43-34/h1-15,40,42H. The van der Waals surface area contributed by atoms with Crippen molar-refractivity contribution in [3.63, 3.8) is 0 Å². The van der Waals surface area contributed by atoms with E-state index >= 15 is 13.2 Å². The minimum atomic E-state index is -1.73. The van der Waals surface area contributed by atoms with Gasteiger partial charge in [0.2, 0.25) is 0 Å². The monoisotopic (exact) mass is 576 g/mol. The predicted octanol–water partition coefficient (Wildman–Crippen LogP) is 9.65. The van der Waals surface area contributed by atoms with E-state index < -0.39 is 46.0 Å². The SMILES string of the molecule is FC1=C(F)c2nc1c(F)c1ccc(cc3nc(cc4[nH]c(c2F)c(F)c4-c2ccccc2)-c2ccc4ccccc4c2-3)[nH]1. The molecule has 2 aliphatic rings. The molecule has 0 amide bonds. The Morgan fingerprint density at radius 3 is 2.09 bits per heavy atom. The number of benzene rings is 3. The largest absolute Gasteiger partial charge is 0.353 e. The van der Waals surface area contributed by atoms with Crippen LogP contribution in [-0.4, -0.2) is 19.9 Å². The van der Waals surface area contributed by atoms with Gasteiger partial charge in [0.05, 0.1) is 22.4 Å². The fraction of sp³-hybridized carbons (Fsp3) is 0. The van der Waals surface area contributed by atoms with Crippen molar-refractivity contribution in [3.8, 4) is 33.6 Å². The predicted molar refractivity (Wildman–Crippen MR) is 157 cm³/mol. The molecule has 3 aromatic carbocycles. The van der Waals surface area contributed by atoms with Crippen molar-refractivity contribution >= 4 is 44.5 Å². The van der Waals surface area contributed by atoms with Crippen LogP contribution in [0.3, 0.4) is 0 Å². The summed E-state index contributed by atoms with van der Waals surface area (Å²) in [7, 11) is 0. The second-order valence-corrected chi connectivity index (χ2v) is 10.2. The van der Waals surface area contributed by atoms with E-state index in [1.165, 1.54) is 6.07 Å². The molecule has 0 fully saturated rings. The molecule has 6 aromatic rings. The van der Waals surface area contributed by atoms with Crippen LogP contribution in [0, 0.1) is 17.5 Å². The number of aromatic nitrogens is 4. The fourth-order valence-electron chi connectivity index (χ4n) is 5.73. The molecular formula is C34H17F5N4. The molecule has 4 nitrogen and oxygen atoms in total. The molecule has 8 rings (SSSR count). The molecule has 0 saturated carbocycles. The van der Waals surface area contributed by atoms with Crippen LogP contribution < -0.4 is 0 Å². The maximum absolute atomic E-state index is 16.1. The van der Waals surface area contributed by atoms with E-state index in [0.29, 0.717) is 22.5 Å². The molecule has 43 heavy (non-hydrogen) atoms. The molecule has 2 aliphatic heterocycles. The second-order valence-electron chi connectivity index (χ2n) is 10.2. The first-order chi connectivity index (χ1) is 20.9. The summed E-state index contributed by atoms with van der Waals surface area (Å²) in [5, 5.41) is 1.87. The molecule has 5 heterocycles. The van der Waals surface area contributed by atoms with E-state index in [1.54, 1.807) is 48.5 Å². The zero-order chi connectivity index (χ0) is 29.4. The third kappa shape index (κ3) is 3.74. The fourth-order valence-corrected chi connectivity index (χ4v) is 5.73. The van der Waals surface area contributed by atoms with Gasteiger partial charge >= 0.3 is 0 Å². The summed E-state index contributed by atoms with van der Waals surface area (Å²) in [6.07, 6.45) is 0. The average Bonchev–Trinajstić information content (AvgIpc) is 3.78. The molecule has 8 bridgehead atoms. The van der Waals surface area contributed by atoms with Gasteiger partial charge in [-0.05, 0) is 40.6 Å². The van der Waals surface area contributed by atoms with Crippen molar-refractivity contribution in [2.45, 2.75) is 0 Å². The lowest BCUT2D eigenvalue weighted by Crippen LogP contribution is -1.89. The lowest BCUT2D eigenvalue weighted by molar-refractivity contribution is 0.596. The number of nitrogens with one attached hydrogen (secondary N) is 2. The highest BCUT2D eigenvalue weighted by Crippen LogP contribution is 2.43. The number of aromatic amines is 2. The summed E-state index contributed by atoms with van der Waals surface area (Å²) in [4.78, 5) is 14.0. The zero-order valence-corrected chi connectivity index (χ0v) is 21.9. The van der Waals surface area contributed by atoms with Gasteiger partial charge in [-0.2, -0.15) is 0 Å². The number of hydrogen-bond acceptors (Lipinski definition) is 2. The molecule has 9 heteroatoms. The Hall–Kier alpha value is -5.57. The Morgan fingerprint density at radius 1 is 0.535 bits per heavy atom. The molecule has 0 aliphatic carbocycles. The van der Waals surface area contributed by atoms with E-state index in [4.69, 9.17) is 4.98 Å². The van der Waals surface area contributed by atoms with Crippen LogP contribution in [-0.2, 0) is 0 Å². The number of halogens is 5. The van der Waals surface area contributed by atoms with Gasteiger partial charge in [-0.15, -0.1) is 0 Å². The molecule has 0 unspecified atom stereocenters. The minimum Gasteiger partial charge on any atom is -0.353 e. The molecule has 0 radical (unpaired) electrons. The Morgan fingerprint density at radius 2 is 1.28 bits per heavy atom. The minimum absolute atomic E-state index is 0.00322. The summed E-state index contributed by atoms with van der Waals surface area (Å²) in [6, 6.07) is 26.2. The van der Waals surface area contributed by atoms with Gasteiger partial charge in [-0.3, -0.25) is 0 Å². The highest BCUT2D eigenvalue weighted by atomic mass is 19.2. The van der Waals surface area contributed by atoms with Crippen LogP contribution in [0.1, 0.15) is 11.4 Å². The molecule has 2 N–H and O–H groups in total. The Balaban J connectivity index is 1.59. The first-order valence-corrected chi connectivity index (χ1v) is 13.3. The van der Waals surface area contributed by atoms with Crippen LogP contribution in [0.4, 0.5) is 22.0 Å². The summed E-state index contributed by atoms with van der Waals surface area (Å²) in [5.41, 5.74) is 0.392. The quantitative estimate of drug-likeness (QED) is 0.191. The number of rotatable bonds is 1. The van der Waals surface area contributed by atoms with Crippen molar-refractivity contribution < 1.29 is 22.0 Å². The van der Waals surface area contributed by atoms with Gasteiger partial charge in [0.1, 0.15) is 16.9 Å². The summed E-state index contributed by atoms with van der Waals surface area (Å²) in [6.45, 7) is 0. The van der Waals surface area contributed by atoms with Crippen molar-refractivity contribution in [2.24, 2.45) is 0 Å². The Kier molecular flexibility index (Phi) is 5.40. The van der Waals surface area contributed by atoms with Crippen LogP contribution >= 0.6 is 0 Å². The summed E-state index contributed by atoms with van der Waals surface area (Å²) < 4.78 is 77.4. The summed E-state index contributed by atoms with van der Waals surface area (Å²) in [5.74, 6) is -7.21. The van der Waals surface area contributed by atoms with Crippen molar-refractivity contribution in [1.82, 2.24) is 19.9 Å². The second kappa shape index (κ2) is 9.22. The molecule has 0 spiro atoms. The van der Waals surface area contributed by atoms with Crippen LogP contribution in [0.2, 0.25) is 0 Å². The third-order valence-electron chi connectivity index (χ3n) is 7.72. The van der Waals surface area contributed by atoms with Crippen molar-refractivity contribution in [1.29, 1.82) is 0 Å². The zero-order valence-electron chi connectivity index (χ0n) is 21.9. The first-order valence-electron chi connectivity index (χ1n) is 13.3. The third-order valence-corrected chi connectivity index (χ3v) is 7.72. The van der Waals surface area contributed by atoms with Gasteiger partial charge in [0.15, 0.2) is 29.1 Å². The van der Waals surface area contributed by atoms with E-state index in [2.05, 4.69) is 15.0 Å². The maximum atomic E-state index is 16.1. The Bertz CT molecular complexity index is 2350. The Labute approximate surface area is 239 Å². The van der Waals surface area contributed by atoms with Crippen LogP contribution in [0.25, 0.3) is 78.1 Å². The van der Waals surface area contributed by atoms with E-state index in [0.717, 1.165) is 21.9 Å². The first kappa shape index (κ1) is 25.2. The van der Waals surface area contributed by atoms with E-state index in [1.807, 2.05) is 36.4 Å². The van der Waals surface area contributed by atoms with Crippen molar-refractivity contribution in [2.75, 3.05) is 0 Å². The van der Waals surface area contributed by atoms with Gasteiger partial charge in [-0.25, -0.2) is 31.9 Å². The highest BCUT2D eigenvalue weighted by Gasteiger charge is 2.29. The molecule has 3 aromatic heterocycles. The number of nitrogens with zero attached hydrogens (tertiary/aromatic N) is 2. The number of H-pyrrole nitrogens is 2. The molecular weight excluding hydrogens is 559 g/mol. The summed E-state index contributed by atoms with van der Waals surface area (Å²) >= 11 is 0. The smallest absolute Gasteiger partial charge is 0.189 e.